The van der Waals surface area contributed by atoms with Gasteiger partial charge in [-0.1, -0.05) is 140 Å². The Morgan fingerprint density at radius 1 is 0.413 bits per heavy atom. The van der Waals surface area contributed by atoms with Crippen LogP contribution >= 0.6 is 11.3 Å². The topological polar surface area (TPSA) is 292 Å². The number of rotatable bonds is 36. The summed E-state index contributed by atoms with van der Waals surface area (Å²) in [5.41, 5.74) is 12.5. The van der Waals surface area contributed by atoms with Crippen molar-refractivity contribution in [3.8, 4) is 34.5 Å². The molecule has 0 aliphatic carbocycles. The van der Waals surface area contributed by atoms with E-state index in [0.29, 0.717) is 136 Å². The molecule has 6 aliphatic heterocycles. The molecule has 0 bridgehead atoms. The normalized spacial score (nSPS) is 16.1. The SMILES string of the molecule is CCN1CCN(c2cccc3c2C(=O)N([C@H](CCCOCc2cccs2)c2ccc(OC)c(OC)c2)C3=O)CC1.COc1ccc([C@@H](CCCNC(=O)c2c(C)n[nH]c2C)N2C(=O)c3cccc(N4CCN([C@H](C)c5ccccc5)CC4)c3C2=O)cc1OC.COc1ccc([C@@H](CCNC(=O)OCc2ccccc2)N2C(=O)c3cccc(N4CCN([C@H](C)c5ccccc5)CC4)c3C2=O)cc1OC. The van der Waals surface area contributed by atoms with Crippen LogP contribution < -0.4 is 53.8 Å². The van der Waals surface area contributed by atoms with Crippen molar-refractivity contribution < 1.29 is 76.3 Å². The first-order valence-corrected chi connectivity index (χ1v) is 48.1. The van der Waals surface area contributed by atoms with Crippen LogP contribution in [0.4, 0.5) is 21.9 Å². The van der Waals surface area contributed by atoms with Gasteiger partial charge < -0.3 is 68.1 Å². The molecule has 0 saturated carbocycles. The number of amides is 8. The van der Waals surface area contributed by atoms with E-state index >= 15 is 0 Å². The fourth-order valence-corrected chi connectivity index (χ4v) is 20.0. The summed E-state index contributed by atoms with van der Waals surface area (Å²) in [6.07, 6.45) is 1.87. The van der Waals surface area contributed by atoms with Gasteiger partial charge in [-0.25, -0.2) is 4.79 Å². The summed E-state index contributed by atoms with van der Waals surface area (Å²) in [4.78, 5) is 130. The molecule has 3 saturated heterocycles. The number of benzene rings is 9. The number of fused-ring (bicyclic) bond motifs is 3. The number of nitrogens with zero attached hydrogens (tertiary/aromatic N) is 10. The summed E-state index contributed by atoms with van der Waals surface area (Å²) in [6, 6.07) is 66.3. The van der Waals surface area contributed by atoms with Crippen molar-refractivity contribution in [3.63, 3.8) is 0 Å². The Morgan fingerprint density at radius 3 is 1.21 bits per heavy atom. The van der Waals surface area contributed by atoms with E-state index in [9.17, 15) is 38.4 Å². The smallest absolute Gasteiger partial charge is 0.407 e. The molecule has 2 aromatic heterocycles. The molecule has 11 aromatic rings. The van der Waals surface area contributed by atoms with Crippen LogP contribution in [0.3, 0.4) is 0 Å². The number of thiophene rings is 1. The van der Waals surface area contributed by atoms with E-state index in [4.69, 9.17) is 37.9 Å². The third kappa shape index (κ3) is 22.0. The van der Waals surface area contributed by atoms with Gasteiger partial charge in [-0.15, -0.1) is 11.3 Å². The molecule has 722 valence electrons. The predicted octanol–water partition coefficient (Wildman–Crippen LogP) is 17.0. The zero-order valence-corrected chi connectivity index (χ0v) is 81.2. The lowest BCUT2D eigenvalue weighted by Gasteiger charge is -2.39. The Kier molecular flexibility index (Phi) is 33.1. The lowest BCUT2D eigenvalue weighted by atomic mass is 9.99. The van der Waals surface area contributed by atoms with Crippen LogP contribution in [-0.2, 0) is 22.7 Å². The lowest BCUT2D eigenvalue weighted by molar-refractivity contribution is 0.0543. The zero-order valence-electron chi connectivity index (χ0n) is 80.3. The zero-order chi connectivity index (χ0) is 97.0. The Balaban J connectivity index is 0.000000158. The highest BCUT2D eigenvalue weighted by atomic mass is 32.1. The molecule has 8 heterocycles. The third-order valence-corrected chi connectivity index (χ3v) is 27.9. The number of methoxy groups -OCH3 is 6. The molecule has 0 spiro atoms. The molecule has 30 heteroatoms. The fraction of sp³-hybridized carbons (Fsp3) is 0.361. The van der Waals surface area contributed by atoms with Crippen molar-refractivity contribution in [3.05, 3.63) is 306 Å². The van der Waals surface area contributed by atoms with Crippen molar-refractivity contribution in [1.29, 1.82) is 0 Å². The Hall–Kier alpha value is -13.9. The van der Waals surface area contributed by atoms with Gasteiger partial charge in [0.25, 0.3) is 41.4 Å². The molecule has 17 rings (SSSR count). The van der Waals surface area contributed by atoms with Crippen LogP contribution in [-0.4, -0.2) is 234 Å². The number of ether oxygens (including phenoxy) is 8. The number of anilines is 3. The van der Waals surface area contributed by atoms with E-state index in [1.54, 1.807) is 90.2 Å². The molecule has 3 fully saturated rings. The minimum absolute atomic E-state index is 0.131. The van der Waals surface area contributed by atoms with Crippen LogP contribution in [0.2, 0.25) is 0 Å². The number of carbonyl (C=O) groups is 8. The molecule has 3 N–H and O–H groups in total. The Bertz CT molecular complexity index is 6060. The monoisotopic (exact) mass is 1890 g/mol. The van der Waals surface area contributed by atoms with Gasteiger partial charge in [0.2, 0.25) is 0 Å². The van der Waals surface area contributed by atoms with E-state index in [-0.39, 0.29) is 73.0 Å². The van der Waals surface area contributed by atoms with Crippen molar-refractivity contribution in [1.82, 2.24) is 50.2 Å². The lowest BCUT2D eigenvalue weighted by Crippen LogP contribution is -2.47. The van der Waals surface area contributed by atoms with Crippen molar-refractivity contribution >= 4 is 75.8 Å². The van der Waals surface area contributed by atoms with Crippen molar-refractivity contribution in [2.45, 2.75) is 110 Å². The van der Waals surface area contributed by atoms with E-state index in [1.165, 1.54) is 37.8 Å². The highest BCUT2D eigenvalue weighted by Gasteiger charge is 2.47. The number of hydrogen-bond donors (Lipinski definition) is 3. The Labute approximate surface area is 810 Å². The second-order valence-corrected chi connectivity index (χ2v) is 35.9. The maximum Gasteiger partial charge on any atom is 0.407 e. The molecular formula is C108H123N13O16S. The first-order chi connectivity index (χ1) is 67.2. The molecule has 5 atom stereocenters. The molecule has 8 amide bonds. The number of aromatic nitrogens is 2. The molecule has 0 radical (unpaired) electrons. The largest absolute Gasteiger partial charge is 0.493 e. The number of nitrogens with one attached hydrogen (secondary N) is 3. The summed E-state index contributed by atoms with van der Waals surface area (Å²) in [6.45, 7) is 22.7. The summed E-state index contributed by atoms with van der Waals surface area (Å²) >= 11 is 1.67. The van der Waals surface area contributed by atoms with E-state index in [2.05, 4.69) is 126 Å². The fourth-order valence-electron chi connectivity index (χ4n) is 19.4. The van der Waals surface area contributed by atoms with Crippen LogP contribution in [0.1, 0.15) is 205 Å². The first-order valence-electron chi connectivity index (χ1n) is 47.3. The molecular weight excluding hydrogens is 1770 g/mol. The molecule has 9 aromatic carbocycles. The highest BCUT2D eigenvalue weighted by Crippen LogP contribution is 2.46. The van der Waals surface area contributed by atoms with E-state index < -0.39 is 24.2 Å². The first kappa shape index (κ1) is 98.6. The average Bonchev–Trinajstić information content (AvgIpc) is 1.60. The minimum atomic E-state index is -0.696. The van der Waals surface area contributed by atoms with Gasteiger partial charge in [-0.2, -0.15) is 5.10 Å². The summed E-state index contributed by atoms with van der Waals surface area (Å²) < 4.78 is 44.3. The molecule has 138 heavy (non-hydrogen) atoms. The average molecular weight is 1890 g/mol. The van der Waals surface area contributed by atoms with Gasteiger partial charge in [0.1, 0.15) is 6.61 Å². The van der Waals surface area contributed by atoms with Crippen molar-refractivity contribution in [2.75, 3.05) is 162 Å². The van der Waals surface area contributed by atoms with Gasteiger partial charge >= 0.3 is 6.09 Å². The molecule has 0 unspecified atom stereocenters. The van der Waals surface area contributed by atoms with Crippen LogP contribution in [0.5, 0.6) is 34.5 Å². The minimum Gasteiger partial charge on any atom is -0.493 e. The number of carbonyl (C=O) groups excluding carboxylic acids is 8. The summed E-state index contributed by atoms with van der Waals surface area (Å²) in [5, 5.41) is 14.8. The standard InChI is InChI=1S/C39H42N4O6.C38H44N6O5.C31H37N3O5S/c1-27(29-13-8-5-9-14-29)41-21-23-42(24-22-41)33-16-10-15-31-36(33)38(45)43(37(31)44)32(30-17-18-34(47-2)35(25-30)48-3)19-20-40-39(46)49-26-28-11-6-4-7-12-28;1-24-34(25(2)41-40-24)36(45)39-18-10-15-30(28-16-17-32(48-4)33(23-28)49-5)44-37(46)29-13-9-14-31(35(29)38(44)47)43-21-19-42(20-22-43)26(3)27-11-7-6-8-12-27;1-4-32-14-16-33(17-15-32)26-10-5-9-24-29(26)31(36)34(30(24)35)25(11-6-18-39-21-23-8-7-19-40-23)22-12-13-27(37-2)28(20-22)38-3/h4-18,25,27,32H,19-24,26H2,1-3H3,(H,40,46);6-9,11-14,16-17,23,26,30H,10,15,18-22H2,1-5H3,(H,39,45)(H,40,41);5,7-10,12-13,19-20,25H,4,6,11,14-18,21H2,1-3H3/t27-,32-;26-,30-;25-/m111/s1. The number of piperazine rings is 3. The second-order valence-electron chi connectivity index (χ2n) is 34.8. The summed E-state index contributed by atoms with van der Waals surface area (Å²) in [5.74, 6) is 1.12. The van der Waals surface area contributed by atoms with Gasteiger partial charge in [0.05, 0.1) is 129 Å². The van der Waals surface area contributed by atoms with E-state index in [1.807, 2.05) is 134 Å². The van der Waals surface area contributed by atoms with Gasteiger partial charge in [0, 0.05) is 121 Å². The van der Waals surface area contributed by atoms with Gasteiger partial charge in [-0.3, -0.25) is 63.2 Å². The summed E-state index contributed by atoms with van der Waals surface area (Å²) in [7, 11) is 9.38. The number of aryl methyl sites for hydroxylation is 2. The maximum atomic E-state index is 14.4. The number of aromatic amines is 1. The van der Waals surface area contributed by atoms with Crippen LogP contribution in [0.25, 0.3) is 0 Å². The second kappa shape index (κ2) is 46.3. The highest BCUT2D eigenvalue weighted by molar-refractivity contribution is 7.09. The molecule has 29 nitrogen and oxygen atoms in total. The van der Waals surface area contributed by atoms with Crippen LogP contribution in [0.15, 0.2) is 218 Å². The van der Waals surface area contributed by atoms with E-state index in [0.717, 1.165) is 119 Å². The number of imide groups is 3. The van der Waals surface area contributed by atoms with Crippen LogP contribution in [0, 0.1) is 13.8 Å². The maximum absolute atomic E-state index is 14.4. The molecule has 6 aliphatic rings. The number of likely N-dealkylation sites (N-methyl/N-ethyl adjacent to an activating group) is 1. The van der Waals surface area contributed by atoms with Crippen molar-refractivity contribution in [2.24, 2.45) is 0 Å². The quantitative estimate of drug-likeness (QED) is 0.0243. The third-order valence-electron chi connectivity index (χ3n) is 27.0. The Morgan fingerprint density at radius 2 is 0.819 bits per heavy atom. The number of H-pyrrole nitrogens is 1. The number of alkyl carbamates (subject to hydrolysis) is 1. The van der Waals surface area contributed by atoms with Gasteiger partial charge in [0.15, 0.2) is 34.5 Å². The van der Waals surface area contributed by atoms with Gasteiger partial charge in [-0.05, 0) is 184 Å². The number of hydrogen-bond acceptors (Lipinski definition) is 24. The predicted molar refractivity (Wildman–Crippen MR) is 531 cm³/mol.